The zero-order chi connectivity index (χ0) is 16.7. The molecule has 0 bridgehead atoms. The number of carbonyl (C=O) groups is 1. The molecule has 0 aliphatic carbocycles. The predicted octanol–water partition coefficient (Wildman–Crippen LogP) is 0.846. The van der Waals surface area contributed by atoms with Gasteiger partial charge in [-0.05, 0) is 26.8 Å². The molecule has 0 unspecified atom stereocenters. The summed E-state index contributed by atoms with van der Waals surface area (Å²) in [5.41, 5.74) is 0. The Morgan fingerprint density at radius 2 is 2.17 bits per heavy atom. The molecule has 1 aliphatic rings. The van der Waals surface area contributed by atoms with Crippen LogP contribution in [0.4, 0.5) is 5.95 Å². The first-order valence-electron chi connectivity index (χ1n) is 8.25. The lowest BCUT2D eigenvalue weighted by molar-refractivity contribution is -0.122. The van der Waals surface area contributed by atoms with Gasteiger partial charge in [0, 0.05) is 51.2 Å². The van der Waals surface area contributed by atoms with Crippen molar-refractivity contribution in [2.24, 2.45) is 0 Å². The summed E-state index contributed by atoms with van der Waals surface area (Å²) in [6.07, 6.45) is 3.24. The van der Waals surface area contributed by atoms with Crippen LogP contribution in [0.2, 0.25) is 0 Å². The molecule has 1 saturated heterocycles. The first kappa shape index (κ1) is 17.8. The fourth-order valence-electron chi connectivity index (χ4n) is 2.78. The van der Waals surface area contributed by atoms with Crippen LogP contribution < -0.4 is 5.32 Å². The second-order valence-electron chi connectivity index (χ2n) is 5.81. The number of anilines is 1. The summed E-state index contributed by atoms with van der Waals surface area (Å²) in [6, 6.07) is 1.94. The minimum atomic E-state index is -0.199. The SMILES string of the molecule is CCOCCN1CCN([C@H](C)C(=O)Nc2ncccn2)C[C@H]1C. The second-order valence-corrected chi connectivity index (χ2v) is 5.81. The second kappa shape index (κ2) is 8.90. The lowest BCUT2D eigenvalue weighted by Gasteiger charge is -2.41. The van der Waals surface area contributed by atoms with E-state index in [0.29, 0.717) is 12.0 Å². The molecular formula is C16H27N5O2. The number of hydrogen-bond acceptors (Lipinski definition) is 6. The van der Waals surface area contributed by atoms with Crippen LogP contribution in [-0.2, 0) is 9.53 Å². The van der Waals surface area contributed by atoms with E-state index < -0.39 is 0 Å². The van der Waals surface area contributed by atoms with Gasteiger partial charge in [0.1, 0.15) is 0 Å². The number of aromatic nitrogens is 2. The molecule has 0 radical (unpaired) electrons. The molecule has 7 heteroatoms. The van der Waals surface area contributed by atoms with Gasteiger partial charge in [-0.1, -0.05) is 0 Å². The lowest BCUT2D eigenvalue weighted by Crippen LogP contribution is -2.57. The summed E-state index contributed by atoms with van der Waals surface area (Å²) >= 11 is 0. The summed E-state index contributed by atoms with van der Waals surface area (Å²) in [7, 11) is 0. The number of ether oxygens (including phenoxy) is 1. The van der Waals surface area contributed by atoms with Crippen LogP contribution in [0.3, 0.4) is 0 Å². The highest BCUT2D eigenvalue weighted by Gasteiger charge is 2.29. The topological polar surface area (TPSA) is 70.6 Å². The molecule has 2 rings (SSSR count). The molecule has 1 aromatic heterocycles. The van der Waals surface area contributed by atoms with Crippen molar-refractivity contribution in [2.45, 2.75) is 32.9 Å². The van der Waals surface area contributed by atoms with E-state index in [1.54, 1.807) is 18.5 Å². The van der Waals surface area contributed by atoms with Crippen LogP contribution in [0.5, 0.6) is 0 Å². The molecule has 0 spiro atoms. The van der Waals surface area contributed by atoms with Crippen molar-refractivity contribution in [3.05, 3.63) is 18.5 Å². The molecule has 1 amide bonds. The van der Waals surface area contributed by atoms with E-state index in [0.717, 1.165) is 39.4 Å². The van der Waals surface area contributed by atoms with E-state index in [9.17, 15) is 4.79 Å². The highest BCUT2D eigenvalue weighted by molar-refractivity contribution is 5.93. The summed E-state index contributed by atoms with van der Waals surface area (Å²) in [5, 5.41) is 2.77. The lowest BCUT2D eigenvalue weighted by atomic mass is 10.1. The largest absolute Gasteiger partial charge is 0.380 e. The van der Waals surface area contributed by atoms with Crippen molar-refractivity contribution in [3.63, 3.8) is 0 Å². The highest BCUT2D eigenvalue weighted by atomic mass is 16.5. The minimum absolute atomic E-state index is 0.0637. The first-order valence-corrected chi connectivity index (χ1v) is 8.25. The first-order chi connectivity index (χ1) is 11.1. The van der Waals surface area contributed by atoms with Gasteiger partial charge in [-0.2, -0.15) is 0 Å². The van der Waals surface area contributed by atoms with Crippen LogP contribution in [0.1, 0.15) is 20.8 Å². The summed E-state index contributed by atoms with van der Waals surface area (Å²) in [4.78, 5) is 25.0. The molecule has 0 saturated carbocycles. The van der Waals surface area contributed by atoms with Gasteiger partial charge in [0.25, 0.3) is 0 Å². The van der Waals surface area contributed by atoms with E-state index in [-0.39, 0.29) is 11.9 Å². The van der Waals surface area contributed by atoms with E-state index in [1.807, 2.05) is 13.8 Å². The van der Waals surface area contributed by atoms with Crippen molar-refractivity contribution in [3.8, 4) is 0 Å². The van der Waals surface area contributed by atoms with Crippen molar-refractivity contribution in [1.29, 1.82) is 0 Å². The van der Waals surface area contributed by atoms with E-state index >= 15 is 0 Å². The van der Waals surface area contributed by atoms with Crippen LogP contribution in [0, 0.1) is 0 Å². The molecule has 1 fully saturated rings. The van der Waals surface area contributed by atoms with Crippen LogP contribution in [0.25, 0.3) is 0 Å². The highest BCUT2D eigenvalue weighted by Crippen LogP contribution is 2.13. The average Bonchev–Trinajstić information content (AvgIpc) is 2.56. The maximum absolute atomic E-state index is 12.3. The van der Waals surface area contributed by atoms with Gasteiger partial charge in [-0.25, -0.2) is 9.97 Å². The Balaban J connectivity index is 1.82. The van der Waals surface area contributed by atoms with Crippen molar-refractivity contribution in [1.82, 2.24) is 19.8 Å². The number of amides is 1. The van der Waals surface area contributed by atoms with Gasteiger partial charge in [0.05, 0.1) is 12.6 Å². The Morgan fingerprint density at radius 3 is 2.83 bits per heavy atom. The number of nitrogens with zero attached hydrogens (tertiary/aromatic N) is 4. The fraction of sp³-hybridized carbons (Fsp3) is 0.688. The Hall–Kier alpha value is -1.57. The van der Waals surface area contributed by atoms with Crippen molar-refractivity contribution >= 4 is 11.9 Å². The van der Waals surface area contributed by atoms with Gasteiger partial charge >= 0.3 is 0 Å². The van der Waals surface area contributed by atoms with E-state index in [2.05, 4.69) is 32.0 Å². The number of piperazine rings is 1. The van der Waals surface area contributed by atoms with Crippen LogP contribution in [0.15, 0.2) is 18.5 Å². The number of nitrogens with one attached hydrogen (secondary N) is 1. The number of rotatable bonds is 7. The van der Waals surface area contributed by atoms with Gasteiger partial charge in [0.2, 0.25) is 11.9 Å². The zero-order valence-electron chi connectivity index (χ0n) is 14.2. The van der Waals surface area contributed by atoms with Gasteiger partial charge in [-0.3, -0.25) is 19.9 Å². The molecule has 0 aromatic carbocycles. The van der Waals surface area contributed by atoms with Crippen molar-refractivity contribution in [2.75, 3.05) is 44.7 Å². The molecule has 1 aromatic rings. The Morgan fingerprint density at radius 1 is 1.43 bits per heavy atom. The van der Waals surface area contributed by atoms with Gasteiger partial charge in [-0.15, -0.1) is 0 Å². The number of carbonyl (C=O) groups excluding carboxylic acids is 1. The average molecular weight is 321 g/mol. The Kier molecular flexibility index (Phi) is 6.88. The third-order valence-corrected chi connectivity index (χ3v) is 4.25. The summed E-state index contributed by atoms with van der Waals surface area (Å²) < 4.78 is 5.43. The number of hydrogen-bond donors (Lipinski definition) is 1. The molecule has 1 aliphatic heterocycles. The standard InChI is InChI=1S/C16H27N5O2/c1-4-23-11-10-20-8-9-21(12-13(20)2)14(3)15(22)19-16-17-6-5-7-18-16/h5-7,13-14H,4,8-12H2,1-3H3,(H,17,18,19,22)/t13-,14-/m1/s1. The third-order valence-electron chi connectivity index (χ3n) is 4.25. The maximum atomic E-state index is 12.3. The molecule has 7 nitrogen and oxygen atoms in total. The van der Waals surface area contributed by atoms with Crippen LogP contribution in [-0.4, -0.2) is 77.2 Å². The smallest absolute Gasteiger partial charge is 0.243 e. The molecular weight excluding hydrogens is 294 g/mol. The minimum Gasteiger partial charge on any atom is -0.380 e. The van der Waals surface area contributed by atoms with Gasteiger partial charge in [0.15, 0.2) is 0 Å². The Bertz CT molecular complexity index is 485. The molecule has 128 valence electrons. The van der Waals surface area contributed by atoms with Crippen molar-refractivity contribution < 1.29 is 9.53 Å². The van der Waals surface area contributed by atoms with E-state index in [4.69, 9.17) is 4.74 Å². The molecule has 1 N–H and O–H groups in total. The monoisotopic (exact) mass is 321 g/mol. The quantitative estimate of drug-likeness (QED) is 0.751. The van der Waals surface area contributed by atoms with E-state index in [1.165, 1.54) is 0 Å². The van der Waals surface area contributed by atoms with Gasteiger partial charge < -0.3 is 4.74 Å². The maximum Gasteiger partial charge on any atom is 0.243 e. The summed E-state index contributed by atoms with van der Waals surface area (Å²) in [6.45, 7) is 11.3. The third kappa shape index (κ3) is 5.23. The zero-order valence-corrected chi connectivity index (χ0v) is 14.2. The molecule has 23 heavy (non-hydrogen) atoms. The molecule has 2 heterocycles. The molecule has 2 atom stereocenters. The normalized spacial score (nSPS) is 21.1. The Labute approximate surface area is 138 Å². The van der Waals surface area contributed by atoms with Crippen LogP contribution >= 0.6 is 0 Å². The fourth-order valence-corrected chi connectivity index (χ4v) is 2.78. The summed E-state index contributed by atoms with van der Waals surface area (Å²) in [5.74, 6) is 0.291. The predicted molar refractivity (Wildman–Crippen MR) is 89.2 cm³/mol.